The largest absolute Gasteiger partial charge is 0.340 e. The predicted octanol–water partition coefficient (Wildman–Crippen LogP) is 3.53. The second-order valence-corrected chi connectivity index (χ2v) is 7.05. The molecule has 1 amide bonds. The van der Waals surface area contributed by atoms with Gasteiger partial charge in [-0.15, -0.1) is 0 Å². The lowest BCUT2D eigenvalue weighted by atomic mass is 10.1. The van der Waals surface area contributed by atoms with Gasteiger partial charge in [-0.05, 0) is 50.6 Å². The molecule has 0 aliphatic carbocycles. The maximum Gasteiger partial charge on any atom is 0.254 e. The van der Waals surface area contributed by atoms with Crippen LogP contribution in [0, 0.1) is 20.8 Å². The van der Waals surface area contributed by atoms with Gasteiger partial charge in [-0.3, -0.25) is 4.79 Å². The number of carbonyl (C=O) groups excluding carboxylic acids is 1. The molecule has 0 radical (unpaired) electrons. The lowest BCUT2D eigenvalue weighted by Crippen LogP contribution is -2.48. The normalized spacial score (nSPS) is 15.2. The van der Waals surface area contributed by atoms with Gasteiger partial charge >= 0.3 is 0 Å². The van der Waals surface area contributed by atoms with Crippen molar-refractivity contribution in [3.8, 4) is 0 Å². The second-order valence-electron chi connectivity index (χ2n) is 7.05. The molecule has 1 aliphatic rings. The van der Waals surface area contributed by atoms with Crippen molar-refractivity contribution < 1.29 is 4.79 Å². The molecule has 2 heterocycles. The molecule has 2 aromatic rings. The molecule has 26 heavy (non-hydrogen) atoms. The topological polar surface area (TPSA) is 48.5 Å². The van der Waals surface area contributed by atoms with Crippen molar-refractivity contribution in [2.75, 3.05) is 38.0 Å². The molecule has 0 atom stereocenters. The van der Waals surface area contributed by atoms with Crippen LogP contribution in [0.5, 0.6) is 0 Å². The summed E-state index contributed by atoms with van der Waals surface area (Å²) in [4.78, 5) is 21.5. The van der Waals surface area contributed by atoms with Crippen LogP contribution >= 0.6 is 0 Å². The van der Waals surface area contributed by atoms with E-state index in [4.69, 9.17) is 0 Å². The lowest BCUT2D eigenvalue weighted by Gasteiger charge is -2.34. The first kappa shape index (κ1) is 18.4. The maximum absolute atomic E-state index is 12.8. The highest BCUT2D eigenvalue weighted by atomic mass is 16.2. The molecule has 1 fully saturated rings. The van der Waals surface area contributed by atoms with E-state index in [0.29, 0.717) is 11.4 Å². The molecule has 5 heteroatoms. The number of likely N-dealkylation sites (N-methyl/N-ethyl adjacent to an activating group) is 1. The van der Waals surface area contributed by atoms with E-state index in [1.165, 1.54) is 16.7 Å². The third-order valence-electron chi connectivity index (χ3n) is 5.04. The number of carbonyl (C=O) groups is 1. The molecular formula is C21H28N4O. The van der Waals surface area contributed by atoms with Gasteiger partial charge in [0, 0.05) is 43.6 Å². The lowest BCUT2D eigenvalue weighted by molar-refractivity contribution is 0.0643. The van der Waals surface area contributed by atoms with Gasteiger partial charge in [-0.2, -0.15) is 0 Å². The predicted molar refractivity (Wildman–Crippen MR) is 106 cm³/mol. The number of pyridine rings is 1. The van der Waals surface area contributed by atoms with E-state index in [1.54, 1.807) is 12.3 Å². The summed E-state index contributed by atoms with van der Waals surface area (Å²) < 4.78 is 0. The highest BCUT2D eigenvalue weighted by Gasteiger charge is 2.21. The van der Waals surface area contributed by atoms with Crippen molar-refractivity contribution in [2.45, 2.75) is 27.7 Å². The Balaban J connectivity index is 1.76. The summed E-state index contributed by atoms with van der Waals surface area (Å²) in [5.41, 5.74) is 5.35. The standard InChI is InChI=1S/C21H28N4O/c1-5-24-8-10-25(11-9-24)21(26)18-6-7-22-19(14-18)23-20-16(3)12-15(2)13-17(20)4/h6-7,12-14H,5,8-11H2,1-4H3,(H,22,23). The number of rotatable bonds is 4. The fourth-order valence-corrected chi connectivity index (χ4v) is 3.59. The van der Waals surface area contributed by atoms with Crippen molar-refractivity contribution in [1.82, 2.24) is 14.8 Å². The first-order valence-corrected chi connectivity index (χ1v) is 9.30. The molecule has 1 N–H and O–H groups in total. The van der Waals surface area contributed by atoms with Crippen molar-refractivity contribution in [1.29, 1.82) is 0 Å². The molecule has 138 valence electrons. The molecular weight excluding hydrogens is 324 g/mol. The quantitative estimate of drug-likeness (QED) is 0.914. The Bertz CT molecular complexity index is 771. The monoisotopic (exact) mass is 352 g/mol. The molecule has 5 nitrogen and oxygen atoms in total. The molecule has 0 spiro atoms. The molecule has 1 aromatic carbocycles. The molecule has 0 bridgehead atoms. The first-order valence-electron chi connectivity index (χ1n) is 9.30. The first-order chi connectivity index (χ1) is 12.5. The number of hydrogen-bond acceptors (Lipinski definition) is 4. The number of aromatic nitrogens is 1. The fourth-order valence-electron chi connectivity index (χ4n) is 3.59. The number of aryl methyl sites for hydroxylation is 3. The third-order valence-corrected chi connectivity index (χ3v) is 5.04. The maximum atomic E-state index is 12.8. The number of nitrogens with zero attached hydrogens (tertiary/aromatic N) is 3. The number of piperazine rings is 1. The van der Waals surface area contributed by atoms with Gasteiger partial charge in [0.25, 0.3) is 5.91 Å². The van der Waals surface area contributed by atoms with Crippen LogP contribution in [0.2, 0.25) is 0 Å². The van der Waals surface area contributed by atoms with Gasteiger partial charge in [-0.25, -0.2) is 4.98 Å². The molecule has 1 aromatic heterocycles. The van der Waals surface area contributed by atoms with Crippen LogP contribution in [0.1, 0.15) is 34.0 Å². The summed E-state index contributed by atoms with van der Waals surface area (Å²) in [5.74, 6) is 0.793. The van der Waals surface area contributed by atoms with Gasteiger partial charge in [-0.1, -0.05) is 24.6 Å². The fraction of sp³-hybridized carbons (Fsp3) is 0.429. The zero-order chi connectivity index (χ0) is 18.7. The van der Waals surface area contributed by atoms with Crippen LogP contribution in [0.3, 0.4) is 0 Å². The molecule has 0 unspecified atom stereocenters. The van der Waals surface area contributed by atoms with Crippen LogP contribution in [0.25, 0.3) is 0 Å². The van der Waals surface area contributed by atoms with Gasteiger partial charge < -0.3 is 15.1 Å². The number of nitrogens with one attached hydrogen (secondary N) is 1. The van der Waals surface area contributed by atoms with E-state index >= 15 is 0 Å². The summed E-state index contributed by atoms with van der Waals surface area (Å²) in [6.45, 7) is 12.9. The van der Waals surface area contributed by atoms with E-state index in [1.807, 2.05) is 11.0 Å². The minimum atomic E-state index is 0.0866. The van der Waals surface area contributed by atoms with E-state index in [9.17, 15) is 4.79 Å². The zero-order valence-corrected chi connectivity index (χ0v) is 16.2. The number of hydrogen-bond donors (Lipinski definition) is 1. The Morgan fingerprint density at radius 1 is 1.08 bits per heavy atom. The highest BCUT2D eigenvalue weighted by Crippen LogP contribution is 2.25. The second kappa shape index (κ2) is 7.87. The van der Waals surface area contributed by atoms with Crippen LogP contribution in [-0.4, -0.2) is 53.4 Å². The van der Waals surface area contributed by atoms with Crippen LogP contribution in [-0.2, 0) is 0 Å². The molecule has 1 saturated heterocycles. The molecule has 3 rings (SSSR count). The average Bonchev–Trinajstić information content (AvgIpc) is 2.64. The zero-order valence-electron chi connectivity index (χ0n) is 16.2. The Morgan fingerprint density at radius 2 is 1.73 bits per heavy atom. The van der Waals surface area contributed by atoms with Crippen molar-refractivity contribution in [2.24, 2.45) is 0 Å². The summed E-state index contributed by atoms with van der Waals surface area (Å²) in [7, 11) is 0. The van der Waals surface area contributed by atoms with E-state index in [0.717, 1.165) is 38.4 Å². The number of benzene rings is 1. The van der Waals surface area contributed by atoms with Crippen molar-refractivity contribution >= 4 is 17.4 Å². The van der Waals surface area contributed by atoms with Crippen molar-refractivity contribution in [3.63, 3.8) is 0 Å². The van der Waals surface area contributed by atoms with Gasteiger partial charge in [0.2, 0.25) is 0 Å². The van der Waals surface area contributed by atoms with E-state index < -0.39 is 0 Å². The average molecular weight is 352 g/mol. The van der Waals surface area contributed by atoms with Crippen LogP contribution in [0.4, 0.5) is 11.5 Å². The molecule has 1 aliphatic heterocycles. The summed E-state index contributed by atoms with van der Waals surface area (Å²) in [6, 6.07) is 7.96. The highest BCUT2D eigenvalue weighted by molar-refractivity contribution is 5.95. The Kier molecular flexibility index (Phi) is 5.57. The summed E-state index contributed by atoms with van der Waals surface area (Å²) >= 11 is 0. The SMILES string of the molecule is CCN1CCN(C(=O)c2ccnc(Nc3c(C)cc(C)cc3C)c2)CC1. The van der Waals surface area contributed by atoms with Crippen molar-refractivity contribution in [3.05, 3.63) is 52.7 Å². The Hall–Kier alpha value is -2.40. The summed E-state index contributed by atoms with van der Waals surface area (Å²) in [6.07, 6.45) is 1.71. The van der Waals surface area contributed by atoms with Crippen LogP contribution < -0.4 is 5.32 Å². The summed E-state index contributed by atoms with van der Waals surface area (Å²) in [5, 5.41) is 3.39. The smallest absolute Gasteiger partial charge is 0.254 e. The third kappa shape index (κ3) is 4.05. The Morgan fingerprint density at radius 3 is 2.35 bits per heavy atom. The minimum Gasteiger partial charge on any atom is -0.340 e. The number of amides is 1. The molecule has 0 saturated carbocycles. The Labute approximate surface area is 156 Å². The van der Waals surface area contributed by atoms with E-state index in [-0.39, 0.29) is 5.91 Å². The number of anilines is 2. The van der Waals surface area contributed by atoms with Crippen LogP contribution in [0.15, 0.2) is 30.5 Å². The van der Waals surface area contributed by atoms with Gasteiger partial charge in [0.05, 0.1) is 0 Å². The van der Waals surface area contributed by atoms with Gasteiger partial charge in [0.1, 0.15) is 5.82 Å². The minimum absolute atomic E-state index is 0.0866. The van der Waals surface area contributed by atoms with E-state index in [2.05, 4.69) is 55.0 Å². The van der Waals surface area contributed by atoms with Gasteiger partial charge in [0.15, 0.2) is 0 Å².